The van der Waals surface area contributed by atoms with Gasteiger partial charge in [-0.1, -0.05) is 6.42 Å². The highest BCUT2D eigenvalue weighted by Gasteiger charge is 2.45. The van der Waals surface area contributed by atoms with Gasteiger partial charge in [-0.25, -0.2) is 0 Å². The zero-order valence-corrected chi connectivity index (χ0v) is 12.1. The number of likely N-dealkylation sites (tertiary alicyclic amines) is 1. The van der Waals surface area contributed by atoms with Crippen LogP contribution in [0.5, 0.6) is 0 Å². The van der Waals surface area contributed by atoms with E-state index in [-0.39, 0.29) is 0 Å². The average Bonchev–Trinajstić information content (AvgIpc) is 2.32. The molecule has 4 aliphatic heterocycles. The summed E-state index contributed by atoms with van der Waals surface area (Å²) in [6.45, 7) is 7.73. The average molecular weight is 272 g/mol. The van der Waals surface area contributed by atoms with Gasteiger partial charge in [-0.05, 0) is 25.9 Å². The summed E-state index contributed by atoms with van der Waals surface area (Å²) in [6.07, 6.45) is 4.87. The molecular weight excluding hydrogens is 248 g/mol. The number of piperidine rings is 1. The van der Waals surface area contributed by atoms with Gasteiger partial charge in [0.1, 0.15) is 0 Å². The summed E-state index contributed by atoms with van der Waals surface area (Å²) in [7, 11) is -2.42. The van der Waals surface area contributed by atoms with Crippen LogP contribution in [0.2, 0.25) is 0 Å². The van der Waals surface area contributed by atoms with Crippen molar-refractivity contribution in [1.29, 1.82) is 0 Å². The maximum Gasteiger partial charge on any atom is 0.515 e. The van der Waals surface area contributed by atoms with Crippen LogP contribution in [0.3, 0.4) is 0 Å². The second-order valence-electron chi connectivity index (χ2n) is 5.41. The van der Waals surface area contributed by atoms with Gasteiger partial charge in [-0.3, -0.25) is 9.80 Å². The van der Waals surface area contributed by atoms with Crippen molar-refractivity contribution in [2.75, 3.05) is 58.7 Å². The van der Waals surface area contributed by atoms with E-state index >= 15 is 0 Å². The molecule has 104 valence electrons. The Morgan fingerprint density at radius 3 is 1.83 bits per heavy atom. The highest BCUT2D eigenvalue weighted by atomic mass is 28.4. The van der Waals surface area contributed by atoms with E-state index in [1.807, 2.05) is 0 Å². The molecule has 0 atom stereocenters. The van der Waals surface area contributed by atoms with Crippen molar-refractivity contribution in [1.82, 2.24) is 9.80 Å². The van der Waals surface area contributed by atoms with Gasteiger partial charge in [-0.15, -0.1) is 0 Å². The van der Waals surface area contributed by atoms with Crippen molar-refractivity contribution in [3.05, 3.63) is 0 Å². The first-order chi connectivity index (χ1) is 8.86. The lowest BCUT2D eigenvalue weighted by Crippen LogP contribution is -2.61. The predicted octanol–water partition coefficient (Wildman–Crippen LogP) is 0.329. The summed E-state index contributed by atoms with van der Waals surface area (Å²) in [5.41, 5.74) is 0. The number of fused-ring (bicyclic) bond motifs is 6. The number of hydrogen-bond donors (Lipinski definition) is 0. The standard InChI is InChI=1S/C12H24N2O3Si/c1-2-4-14(5-3-1)12-18-15-9-6-13(7-10-16-18)8-11-17-18/h1-12H2. The van der Waals surface area contributed by atoms with Crippen molar-refractivity contribution in [2.24, 2.45) is 0 Å². The van der Waals surface area contributed by atoms with E-state index in [2.05, 4.69) is 9.80 Å². The molecule has 2 bridgehead atoms. The second kappa shape index (κ2) is 5.98. The lowest BCUT2D eigenvalue weighted by molar-refractivity contribution is -0.0166. The minimum Gasteiger partial charge on any atom is -0.371 e. The van der Waals surface area contributed by atoms with E-state index in [0.717, 1.165) is 45.6 Å². The van der Waals surface area contributed by atoms with Crippen molar-refractivity contribution in [3.8, 4) is 0 Å². The van der Waals surface area contributed by atoms with E-state index < -0.39 is 8.80 Å². The molecule has 5 nitrogen and oxygen atoms in total. The summed E-state index contributed by atoms with van der Waals surface area (Å²) in [5.74, 6) is 0. The molecule has 0 unspecified atom stereocenters. The van der Waals surface area contributed by atoms with E-state index in [0.29, 0.717) is 0 Å². The number of rotatable bonds is 2. The molecule has 0 aliphatic carbocycles. The minimum absolute atomic E-state index is 0.764. The fourth-order valence-electron chi connectivity index (χ4n) is 2.98. The van der Waals surface area contributed by atoms with Crippen LogP contribution in [0.25, 0.3) is 0 Å². The Balaban J connectivity index is 1.65. The SMILES string of the molecule is C1CCN(C[Si]23OCCN(CCO2)CCO3)CC1. The molecule has 0 radical (unpaired) electrons. The van der Waals surface area contributed by atoms with Gasteiger partial charge < -0.3 is 13.3 Å². The zero-order valence-electron chi connectivity index (χ0n) is 11.1. The molecule has 18 heavy (non-hydrogen) atoms. The van der Waals surface area contributed by atoms with Gasteiger partial charge in [0.05, 0.1) is 26.0 Å². The van der Waals surface area contributed by atoms with Gasteiger partial charge >= 0.3 is 8.80 Å². The zero-order chi connectivity index (χ0) is 12.3. The Hall–Kier alpha value is 0.0169. The highest BCUT2D eigenvalue weighted by molar-refractivity contribution is 6.61. The first kappa shape index (κ1) is 13.0. The molecule has 0 saturated carbocycles. The molecule has 4 heterocycles. The third kappa shape index (κ3) is 3.12. The van der Waals surface area contributed by atoms with Crippen LogP contribution in [0.15, 0.2) is 0 Å². The molecule has 0 aromatic heterocycles. The van der Waals surface area contributed by atoms with Crippen LogP contribution in [-0.2, 0) is 13.3 Å². The molecule has 0 aromatic carbocycles. The predicted molar refractivity (Wildman–Crippen MR) is 70.3 cm³/mol. The van der Waals surface area contributed by atoms with Crippen LogP contribution in [0, 0.1) is 0 Å². The Labute approximate surface area is 110 Å². The quantitative estimate of drug-likeness (QED) is 0.677. The van der Waals surface area contributed by atoms with Gasteiger partial charge in [0.25, 0.3) is 0 Å². The Kier molecular flexibility index (Phi) is 4.33. The molecule has 6 heteroatoms. The number of nitrogens with zero attached hydrogens (tertiary/aromatic N) is 2. The molecular formula is C12H24N2O3Si. The summed E-state index contributed by atoms with van der Waals surface area (Å²) >= 11 is 0. The lowest BCUT2D eigenvalue weighted by Gasteiger charge is -2.40. The Morgan fingerprint density at radius 2 is 1.28 bits per heavy atom. The third-order valence-electron chi connectivity index (χ3n) is 4.05. The normalized spacial score (nSPS) is 39.0. The van der Waals surface area contributed by atoms with Crippen molar-refractivity contribution >= 4 is 8.80 Å². The smallest absolute Gasteiger partial charge is 0.371 e. The number of hydrogen-bond acceptors (Lipinski definition) is 5. The van der Waals surface area contributed by atoms with Gasteiger partial charge in [0.2, 0.25) is 0 Å². The molecule has 4 rings (SSSR count). The van der Waals surface area contributed by atoms with Crippen LogP contribution < -0.4 is 0 Å². The van der Waals surface area contributed by atoms with Crippen LogP contribution >= 0.6 is 0 Å². The van der Waals surface area contributed by atoms with Gasteiger partial charge in [0, 0.05) is 19.6 Å². The van der Waals surface area contributed by atoms with E-state index in [9.17, 15) is 0 Å². The molecule has 0 aromatic rings. The molecule has 4 saturated heterocycles. The van der Waals surface area contributed by atoms with Crippen LogP contribution in [0.4, 0.5) is 0 Å². The second-order valence-corrected chi connectivity index (χ2v) is 7.96. The largest absolute Gasteiger partial charge is 0.515 e. The first-order valence-electron chi connectivity index (χ1n) is 7.23. The van der Waals surface area contributed by atoms with Crippen molar-refractivity contribution in [3.63, 3.8) is 0 Å². The van der Waals surface area contributed by atoms with E-state index in [1.54, 1.807) is 0 Å². The highest BCUT2D eigenvalue weighted by Crippen LogP contribution is 2.19. The molecule has 0 amide bonds. The monoisotopic (exact) mass is 272 g/mol. The summed E-state index contributed by atoms with van der Waals surface area (Å²) in [6, 6.07) is 0. The molecule has 4 aliphatic rings. The van der Waals surface area contributed by atoms with Crippen LogP contribution in [-0.4, -0.2) is 77.3 Å². The fraction of sp³-hybridized carbons (Fsp3) is 1.00. The Morgan fingerprint density at radius 1 is 0.722 bits per heavy atom. The fourth-order valence-corrected chi connectivity index (χ4v) is 5.57. The molecule has 0 spiro atoms. The van der Waals surface area contributed by atoms with Crippen molar-refractivity contribution in [2.45, 2.75) is 19.3 Å². The topological polar surface area (TPSA) is 34.2 Å². The molecule has 4 fully saturated rings. The molecule has 0 N–H and O–H groups in total. The lowest BCUT2D eigenvalue weighted by atomic mass is 10.1. The van der Waals surface area contributed by atoms with Crippen LogP contribution in [0.1, 0.15) is 19.3 Å². The summed E-state index contributed by atoms with van der Waals surface area (Å²) in [5, 5.41) is 0. The van der Waals surface area contributed by atoms with Crippen molar-refractivity contribution < 1.29 is 13.3 Å². The third-order valence-corrected chi connectivity index (χ3v) is 6.82. The minimum atomic E-state index is -2.42. The maximum absolute atomic E-state index is 6.06. The van der Waals surface area contributed by atoms with E-state index in [1.165, 1.54) is 32.4 Å². The Bertz CT molecular complexity index is 248. The van der Waals surface area contributed by atoms with Gasteiger partial charge in [-0.2, -0.15) is 0 Å². The first-order valence-corrected chi connectivity index (χ1v) is 9.16. The van der Waals surface area contributed by atoms with E-state index in [4.69, 9.17) is 13.3 Å². The summed E-state index contributed by atoms with van der Waals surface area (Å²) in [4.78, 5) is 4.84. The van der Waals surface area contributed by atoms with Gasteiger partial charge in [0.15, 0.2) is 0 Å². The maximum atomic E-state index is 6.06. The summed E-state index contributed by atoms with van der Waals surface area (Å²) < 4.78 is 18.2.